The molecule has 1 nitrogen and oxygen atoms in total. The maximum Gasteiger partial charge on any atom is 0.150 e. The molecule has 16 heavy (non-hydrogen) atoms. The van der Waals surface area contributed by atoms with E-state index in [9.17, 15) is 4.79 Å². The molecule has 0 heterocycles. The van der Waals surface area contributed by atoms with Crippen LogP contribution in [0.4, 0.5) is 0 Å². The van der Waals surface area contributed by atoms with Crippen molar-refractivity contribution in [3.05, 3.63) is 58.6 Å². The van der Waals surface area contributed by atoms with E-state index in [1.165, 1.54) is 0 Å². The van der Waals surface area contributed by atoms with Gasteiger partial charge in [0.05, 0.1) is 0 Å². The standard InChI is InChI=1S/C14H11ClO/c1-10-5-6-12(9-16)14(7-10)11-3-2-4-13(15)8-11/h2-9H,1H3. The van der Waals surface area contributed by atoms with Crippen LogP contribution in [0.15, 0.2) is 42.5 Å². The third-order valence-electron chi connectivity index (χ3n) is 2.47. The average Bonchev–Trinajstić information content (AvgIpc) is 2.29. The monoisotopic (exact) mass is 230 g/mol. The van der Waals surface area contributed by atoms with Gasteiger partial charge in [0, 0.05) is 10.6 Å². The number of aldehydes is 1. The Morgan fingerprint density at radius 1 is 1.12 bits per heavy atom. The van der Waals surface area contributed by atoms with Crippen molar-refractivity contribution in [2.75, 3.05) is 0 Å². The van der Waals surface area contributed by atoms with E-state index in [1.807, 2.05) is 49.4 Å². The number of hydrogen-bond acceptors (Lipinski definition) is 1. The van der Waals surface area contributed by atoms with Crippen LogP contribution in [0.5, 0.6) is 0 Å². The third kappa shape index (κ3) is 2.15. The van der Waals surface area contributed by atoms with Gasteiger partial charge in [-0.2, -0.15) is 0 Å². The van der Waals surface area contributed by atoms with Crippen molar-refractivity contribution >= 4 is 17.9 Å². The third-order valence-corrected chi connectivity index (χ3v) is 2.71. The highest BCUT2D eigenvalue weighted by atomic mass is 35.5. The van der Waals surface area contributed by atoms with Gasteiger partial charge in [0.25, 0.3) is 0 Å². The molecule has 2 aromatic carbocycles. The highest BCUT2D eigenvalue weighted by molar-refractivity contribution is 6.30. The molecular formula is C14H11ClO. The average molecular weight is 231 g/mol. The van der Waals surface area contributed by atoms with Crippen LogP contribution in [0.1, 0.15) is 15.9 Å². The van der Waals surface area contributed by atoms with Crippen molar-refractivity contribution in [3.8, 4) is 11.1 Å². The Morgan fingerprint density at radius 3 is 2.62 bits per heavy atom. The van der Waals surface area contributed by atoms with Crippen LogP contribution < -0.4 is 0 Å². The van der Waals surface area contributed by atoms with Gasteiger partial charge in [-0.1, -0.05) is 47.5 Å². The topological polar surface area (TPSA) is 17.1 Å². The maximum absolute atomic E-state index is 11.0. The molecule has 0 atom stereocenters. The lowest BCUT2D eigenvalue weighted by atomic mass is 9.98. The number of carbonyl (C=O) groups is 1. The number of halogens is 1. The zero-order valence-corrected chi connectivity index (χ0v) is 9.66. The molecular weight excluding hydrogens is 220 g/mol. The van der Waals surface area contributed by atoms with Crippen molar-refractivity contribution in [2.24, 2.45) is 0 Å². The lowest BCUT2D eigenvalue weighted by molar-refractivity contribution is 0.112. The summed E-state index contributed by atoms with van der Waals surface area (Å²) in [6.45, 7) is 2.00. The summed E-state index contributed by atoms with van der Waals surface area (Å²) in [7, 11) is 0. The zero-order valence-electron chi connectivity index (χ0n) is 8.91. The van der Waals surface area contributed by atoms with Crippen molar-refractivity contribution in [3.63, 3.8) is 0 Å². The predicted octanol–water partition coefficient (Wildman–Crippen LogP) is 4.13. The van der Waals surface area contributed by atoms with Crippen LogP contribution in [-0.4, -0.2) is 6.29 Å². The van der Waals surface area contributed by atoms with Crippen LogP contribution in [0, 0.1) is 6.92 Å². The molecule has 0 unspecified atom stereocenters. The number of rotatable bonds is 2. The summed E-state index contributed by atoms with van der Waals surface area (Å²) >= 11 is 5.94. The molecule has 0 saturated heterocycles. The van der Waals surface area contributed by atoms with Crippen LogP contribution in [0.3, 0.4) is 0 Å². The Morgan fingerprint density at radius 2 is 1.94 bits per heavy atom. The normalized spacial score (nSPS) is 10.1. The molecule has 0 aromatic heterocycles. The molecule has 0 N–H and O–H groups in total. The van der Waals surface area contributed by atoms with Crippen molar-refractivity contribution in [2.45, 2.75) is 6.92 Å². The molecule has 0 aliphatic heterocycles. The molecule has 0 radical (unpaired) electrons. The number of carbonyl (C=O) groups excluding carboxylic acids is 1. The second-order valence-corrected chi connectivity index (χ2v) is 4.16. The van der Waals surface area contributed by atoms with Gasteiger partial charge in [-0.15, -0.1) is 0 Å². The summed E-state index contributed by atoms with van der Waals surface area (Å²) < 4.78 is 0. The summed E-state index contributed by atoms with van der Waals surface area (Å²) in [6, 6.07) is 13.3. The SMILES string of the molecule is Cc1ccc(C=O)c(-c2cccc(Cl)c2)c1. The summed E-state index contributed by atoms with van der Waals surface area (Å²) in [6.07, 6.45) is 0.871. The van der Waals surface area contributed by atoms with Gasteiger partial charge in [-0.25, -0.2) is 0 Å². The number of aryl methyl sites for hydroxylation is 1. The minimum absolute atomic E-state index is 0.677. The van der Waals surface area contributed by atoms with E-state index in [0.717, 1.165) is 23.0 Å². The van der Waals surface area contributed by atoms with Crippen molar-refractivity contribution in [1.29, 1.82) is 0 Å². The quantitative estimate of drug-likeness (QED) is 0.709. The first-order valence-electron chi connectivity index (χ1n) is 5.02. The van der Waals surface area contributed by atoms with Crippen molar-refractivity contribution < 1.29 is 4.79 Å². The second kappa shape index (κ2) is 4.50. The maximum atomic E-state index is 11.0. The largest absolute Gasteiger partial charge is 0.298 e. The first-order valence-corrected chi connectivity index (χ1v) is 5.40. The molecule has 0 amide bonds. The first kappa shape index (κ1) is 10.9. The van der Waals surface area contributed by atoms with E-state index in [4.69, 9.17) is 11.6 Å². The van der Waals surface area contributed by atoms with E-state index in [-0.39, 0.29) is 0 Å². The Bertz CT molecular complexity index is 532. The minimum atomic E-state index is 0.677. The van der Waals surface area contributed by atoms with Gasteiger partial charge in [0.1, 0.15) is 0 Å². The van der Waals surface area contributed by atoms with E-state index in [2.05, 4.69) is 0 Å². The second-order valence-electron chi connectivity index (χ2n) is 3.72. The Hall–Kier alpha value is -1.60. The summed E-state index contributed by atoms with van der Waals surface area (Å²) in [5.41, 5.74) is 3.71. The fourth-order valence-electron chi connectivity index (χ4n) is 1.68. The van der Waals surface area contributed by atoms with Crippen molar-refractivity contribution in [1.82, 2.24) is 0 Å². The molecule has 2 heteroatoms. The lowest BCUT2D eigenvalue weighted by Crippen LogP contribution is -1.88. The number of benzene rings is 2. The molecule has 0 fully saturated rings. The Labute approximate surface area is 99.7 Å². The van der Waals surface area contributed by atoms with Gasteiger partial charge in [0.15, 0.2) is 6.29 Å². The van der Waals surface area contributed by atoms with E-state index < -0.39 is 0 Å². The van der Waals surface area contributed by atoms with Gasteiger partial charge in [0.2, 0.25) is 0 Å². The molecule has 0 bridgehead atoms. The summed E-state index contributed by atoms with van der Waals surface area (Å²) in [5.74, 6) is 0. The molecule has 2 rings (SSSR count). The minimum Gasteiger partial charge on any atom is -0.298 e. The predicted molar refractivity (Wildman–Crippen MR) is 67.0 cm³/mol. The van der Waals surface area contributed by atoms with E-state index in [1.54, 1.807) is 0 Å². The molecule has 0 saturated carbocycles. The smallest absolute Gasteiger partial charge is 0.150 e. The zero-order chi connectivity index (χ0) is 11.5. The van der Waals surface area contributed by atoms with Gasteiger partial charge in [-0.3, -0.25) is 4.79 Å². The van der Waals surface area contributed by atoms with Crippen LogP contribution in [-0.2, 0) is 0 Å². The van der Waals surface area contributed by atoms with Gasteiger partial charge < -0.3 is 0 Å². The summed E-state index contributed by atoms with van der Waals surface area (Å²) in [4.78, 5) is 11.0. The Kier molecular flexibility index (Phi) is 3.07. The lowest BCUT2D eigenvalue weighted by Gasteiger charge is -2.06. The Balaban J connectivity index is 2.62. The van der Waals surface area contributed by atoms with E-state index in [0.29, 0.717) is 10.6 Å². The van der Waals surface area contributed by atoms with Gasteiger partial charge >= 0.3 is 0 Å². The molecule has 0 aliphatic carbocycles. The number of hydrogen-bond donors (Lipinski definition) is 0. The fraction of sp³-hybridized carbons (Fsp3) is 0.0714. The highest BCUT2D eigenvalue weighted by Gasteiger charge is 2.05. The first-order chi connectivity index (χ1) is 7.70. The summed E-state index contributed by atoms with van der Waals surface area (Å²) in [5, 5.41) is 0.677. The van der Waals surface area contributed by atoms with Crippen LogP contribution in [0.2, 0.25) is 5.02 Å². The van der Waals surface area contributed by atoms with Crippen LogP contribution >= 0.6 is 11.6 Å². The molecule has 0 aliphatic rings. The molecule has 80 valence electrons. The van der Waals surface area contributed by atoms with E-state index >= 15 is 0 Å². The highest BCUT2D eigenvalue weighted by Crippen LogP contribution is 2.26. The van der Waals surface area contributed by atoms with Gasteiger partial charge in [-0.05, 0) is 30.2 Å². The fourth-order valence-corrected chi connectivity index (χ4v) is 1.87. The molecule has 0 spiro atoms. The van der Waals surface area contributed by atoms with Crippen LogP contribution in [0.25, 0.3) is 11.1 Å². The molecule has 2 aromatic rings.